The van der Waals surface area contributed by atoms with Gasteiger partial charge in [-0.05, 0) is 6.42 Å². The first kappa shape index (κ1) is 11.6. The van der Waals surface area contributed by atoms with Gasteiger partial charge in [0, 0.05) is 13.1 Å². The molecule has 1 aliphatic carbocycles. The molecule has 0 aromatic heterocycles. The zero-order chi connectivity index (χ0) is 10.8. The number of halogens is 2. The maximum absolute atomic E-state index is 11.8. The average molecular weight is 234 g/mol. The Morgan fingerprint density at radius 1 is 1.43 bits per heavy atom. The second-order valence-electron chi connectivity index (χ2n) is 3.34. The summed E-state index contributed by atoms with van der Waals surface area (Å²) in [6, 6.07) is 0. The van der Waals surface area contributed by atoms with Crippen LogP contribution in [0.1, 0.15) is 6.42 Å². The molecular formula is C10H13Cl2NO. The third-order valence-electron chi connectivity index (χ3n) is 2.13. The van der Waals surface area contributed by atoms with Gasteiger partial charge in [0.15, 0.2) is 0 Å². The van der Waals surface area contributed by atoms with Crippen LogP contribution in [-0.4, -0.2) is 28.2 Å². The molecule has 0 spiro atoms. The Labute approximate surface area is 94.2 Å². The largest absolute Gasteiger partial charge is 0.335 e. The van der Waals surface area contributed by atoms with Gasteiger partial charge in [-0.1, -0.05) is 12.2 Å². The second kappa shape index (κ2) is 4.37. The predicted octanol–water partition coefficient (Wildman–Crippen LogP) is 2.38. The van der Waals surface area contributed by atoms with Crippen molar-refractivity contribution in [3.8, 4) is 0 Å². The lowest BCUT2D eigenvalue weighted by atomic mass is 10.3. The number of amides is 1. The fourth-order valence-corrected chi connectivity index (χ4v) is 1.76. The molecule has 1 fully saturated rings. The molecule has 0 aromatic rings. The van der Waals surface area contributed by atoms with Crippen molar-refractivity contribution in [3.63, 3.8) is 0 Å². The van der Waals surface area contributed by atoms with Crippen LogP contribution in [-0.2, 0) is 4.79 Å². The van der Waals surface area contributed by atoms with Crippen molar-refractivity contribution in [1.82, 2.24) is 4.90 Å². The first-order chi connectivity index (χ1) is 6.53. The summed E-state index contributed by atoms with van der Waals surface area (Å²) in [6.07, 6.45) is 3.89. The molecule has 1 aliphatic rings. The third-order valence-corrected chi connectivity index (χ3v) is 2.97. The first-order valence-electron chi connectivity index (χ1n) is 4.41. The molecule has 1 saturated carbocycles. The number of alkyl halides is 2. The molecule has 1 amide bonds. The number of hydrogen-bond donors (Lipinski definition) is 0. The molecular weight excluding hydrogens is 221 g/mol. The van der Waals surface area contributed by atoms with E-state index in [0.717, 1.165) is 0 Å². The number of carbonyl (C=O) groups excluding carboxylic acids is 1. The van der Waals surface area contributed by atoms with Crippen molar-refractivity contribution < 1.29 is 4.79 Å². The van der Waals surface area contributed by atoms with E-state index < -0.39 is 4.33 Å². The van der Waals surface area contributed by atoms with Crippen molar-refractivity contribution in [2.24, 2.45) is 5.92 Å². The number of hydrogen-bond acceptors (Lipinski definition) is 1. The molecule has 2 nitrogen and oxygen atoms in total. The molecule has 0 heterocycles. The molecule has 0 saturated heterocycles. The Bertz CT molecular complexity index is 253. The number of nitrogens with zero attached hydrogens (tertiary/aromatic N) is 1. The molecule has 0 bridgehead atoms. The van der Waals surface area contributed by atoms with Crippen molar-refractivity contribution >= 4 is 29.1 Å². The van der Waals surface area contributed by atoms with E-state index in [1.54, 1.807) is 17.1 Å². The van der Waals surface area contributed by atoms with Gasteiger partial charge in [-0.25, -0.2) is 0 Å². The first-order valence-corrected chi connectivity index (χ1v) is 5.17. The van der Waals surface area contributed by atoms with Crippen LogP contribution in [0.3, 0.4) is 0 Å². The predicted molar refractivity (Wildman–Crippen MR) is 59.5 cm³/mol. The Hall–Kier alpha value is -0.470. The van der Waals surface area contributed by atoms with Crippen molar-refractivity contribution in [3.05, 3.63) is 25.3 Å². The zero-order valence-electron chi connectivity index (χ0n) is 7.88. The van der Waals surface area contributed by atoms with E-state index in [9.17, 15) is 4.79 Å². The standard InChI is InChI=1S/C10H13Cl2NO/c1-3-5-13(6-4-2)9(14)8-7-10(8,11)12/h3-4,8H,1-2,5-7H2. The van der Waals surface area contributed by atoms with Crippen LogP contribution in [0.5, 0.6) is 0 Å². The summed E-state index contributed by atoms with van der Waals surface area (Å²) >= 11 is 11.6. The monoisotopic (exact) mass is 233 g/mol. The fourth-order valence-electron chi connectivity index (χ4n) is 1.27. The lowest BCUT2D eigenvalue weighted by Gasteiger charge is -2.19. The lowest BCUT2D eigenvalue weighted by Crippen LogP contribution is -2.33. The molecule has 0 aromatic carbocycles. The van der Waals surface area contributed by atoms with Crippen LogP contribution in [0.15, 0.2) is 25.3 Å². The molecule has 0 N–H and O–H groups in total. The smallest absolute Gasteiger partial charge is 0.229 e. The van der Waals surface area contributed by atoms with Gasteiger partial charge < -0.3 is 4.90 Å². The van der Waals surface area contributed by atoms with Gasteiger partial charge in [-0.2, -0.15) is 0 Å². The molecule has 4 heteroatoms. The van der Waals surface area contributed by atoms with E-state index in [1.165, 1.54) is 0 Å². The van der Waals surface area contributed by atoms with Gasteiger partial charge in [0.2, 0.25) is 5.91 Å². The van der Waals surface area contributed by atoms with Crippen molar-refractivity contribution in [2.45, 2.75) is 10.8 Å². The highest BCUT2D eigenvalue weighted by Gasteiger charge is 2.57. The van der Waals surface area contributed by atoms with E-state index in [2.05, 4.69) is 13.2 Å². The minimum atomic E-state index is -0.850. The number of carbonyl (C=O) groups is 1. The van der Waals surface area contributed by atoms with E-state index in [1.807, 2.05) is 0 Å². The molecule has 14 heavy (non-hydrogen) atoms. The average Bonchev–Trinajstić information content (AvgIpc) is 2.74. The third kappa shape index (κ3) is 2.52. The SMILES string of the molecule is C=CCN(CC=C)C(=O)C1CC1(Cl)Cl. The zero-order valence-corrected chi connectivity index (χ0v) is 9.39. The van der Waals surface area contributed by atoms with Crippen LogP contribution >= 0.6 is 23.2 Å². The van der Waals surface area contributed by atoms with Gasteiger partial charge in [0.25, 0.3) is 0 Å². The summed E-state index contributed by atoms with van der Waals surface area (Å²) in [7, 11) is 0. The van der Waals surface area contributed by atoms with Crippen molar-refractivity contribution in [1.29, 1.82) is 0 Å². The molecule has 0 aliphatic heterocycles. The highest BCUT2D eigenvalue weighted by Crippen LogP contribution is 2.53. The van der Waals surface area contributed by atoms with Gasteiger partial charge in [0.1, 0.15) is 4.33 Å². The van der Waals surface area contributed by atoms with Gasteiger partial charge in [0.05, 0.1) is 5.92 Å². The molecule has 1 rings (SSSR count). The Morgan fingerprint density at radius 2 is 1.86 bits per heavy atom. The highest BCUT2D eigenvalue weighted by atomic mass is 35.5. The Morgan fingerprint density at radius 3 is 2.14 bits per heavy atom. The minimum absolute atomic E-state index is 0.0187. The summed E-state index contributed by atoms with van der Waals surface area (Å²) < 4.78 is -0.850. The van der Waals surface area contributed by atoms with Crippen LogP contribution in [0.4, 0.5) is 0 Å². The van der Waals surface area contributed by atoms with Crippen LogP contribution in [0.25, 0.3) is 0 Å². The van der Waals surface area contributed by atoms with Crippen LogP contribution < -0.4 is 0 Å². The maximum Gasteiger partial charge on any atom is 0.229 e. The quantitative estimate of drug-likeness (QED) is 0.528. The fraction of sp³-hybridized carbons (Fsp3) is 0.500. The Balaban J connectivity index is 2.55. The van der Waals surface area contributed by atoms with E-state index in [4.69, 9.17) is 23.2 Å². The van der Waals surface area contributed by atoms with Gasteiger partial charge in [-0.3, -0.25) is 4.79 Å². The molecule has 1 unspecified atom stereocenters. The molecule has 78 valence electrons. The highest BCUT2D eigenvalue weighted by molar-refractivity contribution is 6.52. The van der Waals surface area contributed by atoms with Gasteiger partial charge in [-0.15, -0.1) is 36.4 Å². The van der Waals surface area contributed by atoms with Crippen LogP contribution in [0, 0.1) is 5.92 Å². The summed E-state index contributed by atoms with van der Waals surface area (Å²) in [5, 5.41) is 0. The summed E-state index contributed by atoms with van der Waals surface area (Å²) in [5.41, 5.74) is 0. The molecule has 0 radical (unpaired) electrons. The van der Waals surface area contributed by atoms with E-state index in [-0.39, 0.29) is 11.8 Å². The molecule has 1 atom stereocenters. The van der Waals surface area contributed by atoms with E-state index in [0.29, 0.717) is 19.5 Å². The summed E-state index contributed by atoms with van der Waals surface area (Å²) in [5.74, 6) is -0.277. The number of rotatable bonds is 5. The Kier molecular flexibility index (Phi) is 3.62. The summed E-state index contributed by atoms with van der Waals surface area (Å²) in [6.45, 7) is 8.18. The van der Waals surface area contributed by atoms with Gasteiger partial charge >= 0.3 is 0 Å². The van der Waals surface area contributed by atoms with Crippen molar-refractivity contribution in [2.75, 3.05) is 13.1 Å². The minimum Gasteiger partial charge on any atom is -0.335 e. The normalized spacial score (nSPS) is 22.6. The van der Waals surface area contributed by atoms with E-state index >= 15 is 0 Å². The summed E-state index contributed by atoms with van der Waals surface area (Å²) in [4.78, 5) is 13.4. The topological polar surface area (TPSA) is 20.3 Å². The van der Waals surface area contributed by atoms with Crippen LogP contribution in [0.2, 0.25) is 0 Å². The lowest BCUT2D eigenvalue weighted by molar-refractivity contribution is -0.131. The second-order valence-corrected chi connectivity index (χ2v) is 4.88. The maximum atomic E-state index is 11.8.